The maximum absolute atomic E-state index is 12.0. The van der Waals surface area contributed by atoms with E-state index >= 15 is 0 Å². The van der Waals surface area contributed by atoms with E-state index in [0.717, 1.165) is 19.3 Å². The van der Waals surface area contributed by atoms with Gasteiger partial charge in [-0.1, -0.05) is 19.1 Å². The second kappa shape index (κ2) is 5.28. The maximum atomic E-state index is 12.0. The lowest BCUT2D eigenvalue weighted by Gasteiger charge is -2.17. The molecule has 2 rings (SSSR count). The number of nitrogens with one attached hydrogen (secondary N) is 1. The zero-order valence-corrected chi connectivity index (χ0v) is 11.4. The van der Waals surface area contributed by atoms with Crippen LogP contribution < -0.4 is 11.1 Å². The molecule has 3 N–H and O–H groups in total. The van der Waals surface area contributed by atoms with Crippen LogP contribution in [0, 0.1) is 0 Å². The molecule has 100 valence electrons. The Morgan fingerprint density at radius 3 is 2.67 bits per heavy atom. The molecule has 2 atom stereocenters. The Kier molecular flexibility index (Phi) is 3.92. The lowest BCUT2D eigenvalue weighted by Crippen LogP contribution is -2.21. The smallest absolute Gasteiger partial charge is 0.180 e. The van der Waals surface area contributed by atoms with Gasteiger partial charge in [-0.15, -0.1) is 0 Å². The molecular weight excluding hydrogens is 248 g/mol. The Morgan fingerprint density at radius 1 is 1.33 bits per heavy atom. The van der Waals surface area contributed by atoms with Crippen LogP contribution in [0.25, 0.3) is 0 Å². The van der Waals surface area contributed by atoms with Crippen LogP contribution in [0.3, 0.4) is 0 Å². The van der Waals surface area contributed by atoms with Gasteiger partial charge in [0.2, 0.25) is 0 Å². The van der Waals surface area contributed by atoms with Gasteiger partial charge in [-0.2, -0.15) is 0 Å². The molecule has 0 aromatic heterocycles. The summed E-state index contributed by atoms with van der Waals surface area (Å²) in [5.74, 6) is 0.121. The van der Waals surface area contributed by atoms with Gasteiger partial charge in [0.1, 0.15) is 0 Å². The minimum absolute atomic E-state index is 0.121. The Hall–Kier alpha value is -1.07. The summed E-state index contributed by atoms with van der Waals surface area (Å²) in [5.41, 5.74) is 6.58. The molecule has 0 amide bonds. The van der Waals surface area contributed by atoms with E-state index in [1.165, 1.54) is 0 Å². The summed E-state index contributed by atoms with van der Waals surface area (Å²) < 4.78 is 24.0. The van der Waals surface area contributed by atoms with E-state index < -0.39 is 9.84 Å². The van der Waals surface area contributed by atoms with Crippen molar-refractivity contribution in [1.29, 1.82) is 0 Å². The fourth-order valence-electron chi connectivity index (χ4n) is 2.38. The number of anilines is 1. The largest absolute Gasteiger partial charge is 0.381 e. The number of nitrogens with two attached hydrogens (primary N) is 1. The standard InChI is InChI=1S/C13H20N2O2S/c1-2-18(16,17)13-6-4-3-5-12(13)15-11-8-7-10(14)9-11/h3-6,10-11,15H,2,7-9,14H2,1H3. The molecule has 0 radical (unpaired) electrons. The number of para-hydroxylation sites is 1. The third-order valence-electron chi connectivity index (χ3n) is 3.43. The predicted octanol–water partition coefficient (Wildman–Crippen LogP) is 1.77. The molecule has 2 unspecified atom stereocenters. The van der Waals surface area contributed by atoms with Gasteiger partial charge in [-0.25, -0.2) is 8.42 Å². The van der Waals surface area contributed by atoms with Gasteiger partial charge in [0, 0.05) is 12.1 Å². The predicted molar refractivity (Wildman–Crippen MR) is 73.4 cm³/mol. The van der Waals surface area contributed by atoms with E-state index in [9.17, 15) is 8.42 Å². The molecule has 0 spiro atoms. The summed E-state index contributed by atoms with van der Waals surface area (Å²) in [4.78, 5) is 0.396. The van der Waals surface area contributed by atoms with Crippen LogP contribution in [0.1, 0.15) is 26.2 Å². The molecule has 1 fully saturated rings. The first-order valence-corrected chi connectivity index (χ1v) is 8.02. The highest BCUT2D eigenvalue weighted by Crippen LogP contribution is 2.27. The summed E-state index contributed by atoms with van der Waals surface area (Å²) in [6, 6.07) is 7.62. The zero-order chi connectivity index (χ0) is 13.2. The van der Waals surface area contributed by atoms with Gasteiger partial charge < -0.3 is 11.1 Å². The maximum Gasteiger partial charge on any atom is 0.180 e. The quantitative estimate of drug-likeness (QED) is 0.873. The summed E-state index contributed by atoms with van der Waals surface area (Å²) >= 11 is 0. The van der Waals surface area contributed by atoms with E-state index in [-0.39, 0.29) is 17.8 Å². The third kappa shape index (κ3) is 2.84. The zero-order valence-electron chi connectivity index (χ0n) is 10.6. The number of hydrogen-bond acceptors (Lipinski definition) is 4. The number of hydrogen-bond donors (Lipinski definition) is 2. The van der Waals surface area contributed by atoms with Crippen molar-refractivity contribution in [2.24, 2.45) is 5.73 Å². The minimum atomic E-state index is -3.18. The van der Waals surface area contributed by atoms with Crippen LogP contribution in [0.2, 0.25) is 0 Å². The van der Waals surface area contributed by atoms with E-state index in [1.807, 2.05) is 12.1 Å². The highest BCUT2D eigenvalue weighted by Gasteiger charge is 2.23. The van der Waals surface area contributed by atoms with Crippen LogP contribution in [0.4, 0.5) is 5.69 Å². The highest BCUT2D eigenvalue weighted by molar-refractivity contribution is 7.91. The number of sulfone groups is 1. The SMILES string of the molecule is CCS(=O)(=O)c1ccccc1NC1CCC(N)C1. The molecule has 5 heteroatoms. The molecule has 1 aromatic carbocycles. The van der Waals surface area contributed by atoms with Crippen LogP contribution in [0.5, 0.6) is 0 Å². The third-order valence-corrected chi connectivity index (χ3v) is 5.22. The second-order valence-electron chi connectivity index (χ2n) is 4.81. The molecule has 0 bridgehead atoms. The molecule has 0 heterocycles. The molecule has 0 aliphatic heterocycles. The van der Waals surface area contributed by atoms with Crippen LogP contribution in [0.15, 0.2) is 29.2 Å². The first kappa shape index (κ1) is 13.4. The van der Waals surface area contributed by atoms with Crippen LogP contribution in [-0.2, 0) is 9.84 Å². The highest BCUT2D eigenvalue weighted by atomic mass is 32.2. The molecule has 18 heavy (non-hydrogen) atoms. The second-order valence-corrected chi connectivity index (χ2v) is 7.06. The summed E-state index contributed by atoms with van der Waals surface area (Å²) in [6.07, 6.45) is 2.91. The average molecular weight is 268 g/mol. The van der Waals surface area contributed by atoms with Gasteiger partial charge in [0.25, 0.3) is 0 Å². The Bertz CT molecular complexity index is 513. The monoisotopic (exact) mass is 268 g/mol. The molecule has 1 saturated carbocycles. The Balaban J connectivity index is 2.23. The van der Waals surface area contributed by atoms with Crippen molar-refractivity contribution in [2.75, 3.05) is 11.1 Å². The van der Waals surface area contributed by atoms with E-state index in [4.69, 9.17) is 5.73 Å². The van der Waals surface area contributed by atoms with Crippen LogP contribution in [-0.4, -0.2) is 26.3 Å². The minimum Gasteiger partial charge on any atom is -0.381 e. The Morgan fingerprint density at radius 2 is 2.06 bits per heavy atom. The first-order valence-electron chi connectivity index (χ1n) is 6.37. The lowest BCUT2D eigenvalue weighted by atomic mass is 10.2. The molecule has 1 aromatic rings. The number of rotatable bonds is 4. The van der Waals surface area contributed by atoms with Crippen LogP contribution >= 0.6 is 0 Å². The molecule has 0 saturated heterocycles. The van der Waals surface area contributed by atoms with Crippen molar-refractivity contribution in [2.45, 2.75) is 43.2 Å². The molecular formula is C13H20N2O2S. The summed E-state index contributed by atoms with van der Waals surface area (Å²) in [5, 5.41) is 3.32. The molecule has 4 nitrogen and oxygen atoms in total. The van der Waals surface area contributed by atoms with Crippen molar-refractivity contribution in [3.63, 3.8) is 0 Å². The van der Waals surface area contributed by atoms with Crippen molar-refractivity contribution in [1.82, 2.24) is 0 Å². The lowest BCUT2D eigenvalue weighted by molar-refractivity contribution is 0.597. The van der Waals surface area contributed by atoms with Gasteiger partial charge in [-0.05, 0) is 31.4 Å². The summed E-state index contributed by atoms with van der Waals surface area (Å²) in [7, 11) is -3.18. The van der Waals surface area contributed by atoms with E-state index in [0.29, 0.717) is 10.6 Å². The average Bonchev–Trinajstić information content (AvgIpc) is 2.75. The van der Waals surface area contributed by atoms with Gasteiger partial charge in [0.05, 0.1) is 16.3 Å². The van der Waals surface area contributed by atoms with Crippen molar-refractivity contribution in [3.05, 3.63) is 24.3 Å². The van der Waals surface area contributed by atoms with Gasteiger partial charge in [-0.3, -0.25) is 0 Å². The Labute approximate surface area is 108 Å². The number of benzene rings is 1. The summed E-state index contributed by atoms with van der Waals surface area (Å²) in [6.45, 7) is 1.66. The first-order chi connectivity index (χ1) is 8.53. The fraction of sp³-hybridized carbons (Fsp3) is 0.538. The molecule has 1 aliphatic carbocycles. The van der Waals surface area contributed by atoms with E-state index in [1.54, 1.807) is 19.1 Å². The van der Waals surface area contributed by atoms with Crippen molar-refractivity contribution >= 4 is 15.5 Å². The normalized spacial score (nSPS) is 24.1. The van der Waals surface area contributed by atoms with E-state index in [2.05, 4.69) is 5.32 Å². The topological polar surface area (TPSA) is 72.2 Å². The fourth-order valence-corrected chi connectivity index (χ4v) is 3.44. The van der Waals surface area contributed by atoms with Crippen molar-refractivity contribution in [3.8, 4) is 0 Å². The van der Waals surface area contributed by atoms with Gasteiger partial charge >= 0.3 is 0 Å². The molecule has 1 aliphatic rings. The van der Waals surface area contributed by atoms with Gasteiger partial charge in [0.15, 0.2) is 9.84 Å². The van der Waals surface area contributed by atoms with Crippen molar-refractivity contribution < 1.29 is 8.42 Å².